The van der Waals surface area contributed by atoms with E-state index in [-0.39, 0.29) is 5.69 Å². The van der Waals surface area contributed by atoms with Crippen molar-refractivity contribution in [3.05, 3.63) is 62.5 Å². The Labute approximate surface area is 153 Å². The van der Waals surface area contributed by atoms with Gasteiger partial charge in [0.2, 0.25) is 0 Å². The molecule has 124 valence electrons. The van der Waals surface area contributed by atoms with Crippen molar-refractivity contribution in [2.45, 2.75) is 18.8 Å². The van der Waals surface area contributed by atoms with Gasteiger partial charge in [0.25, 0.3) is 0 Å². The van der Waals surface area contributed by atoms with Gasteiger partial charge in [0, 0.05) is 16.9 Å². The van der Waals surface area contributed by atoms with E-state index in [0.29, 0.717) is 17.3 Å². The first-order valence-corrected chi connectivity index (χ1v) is 8.86. The number of fused-ring (bicyclic) bond motifs is 1. The average Bonchev–Trinajstić information content (AvgIpc) is 3.46. The molecule has 1 aliphatic carbocycles. The van der Waals surface area contributed by atoms with Crippen LogP contribution in [-0.2, 0) is 0 Å². The quantitative estimate of drug-likeness (QED) is 0.730. The zero-order valence-electron chi connectivity index (χ0n) is 13.6. The molecule has 5 nitrogen and oxygen atoms in total. The Morgan fingerprint density at radius 2 is 2.08 bits per heavy atom. The van der Waals surface area contributed by atoms with Gasteiger partial charge in [-0.2, -0.15) is 10.2 Å². The summed E-state index contributed by atoms with van der Waals surface area (Å²) >= 11 is 3.52. The zero-order chi connectivity index (χ0) is 17.6. The van der Waals surface area contributed by atoms with Gasteiger partial charge in [0.1, 0.15) is 5.82 Å². The maximum Gasteiger partial charge on any atom is 0.354 e. The molecule has 2 aromatic carbocycles. The fourth-order valence-corrected chi connectivity index (χ4v) is 3.64. The first kappa shape index (κ1) is 15.9. The Balaban J connectivity index is 2.14. The van der Waals surface area contributed by atoms with Crippen LogP contribution in [0.1, 0.15) is 29.9 Å². The van der Waals surface area contributed by atoms with Crippen LogP contribution in [0.4, 0.5) is 5.82 Å². The Morgan fingerprint density at radius 1 is 1.32 bits per heavy atom. The van der Waals surface area contributed by atoms with Crippen LogP contribution in [-0.4, -0.2) is 16.6 Å². The topological polar surface area (TPSA) is 70.7 Å². The average molecular weight is 395 g/mol. The van der Waals surface area contributed by atoms with Crippen molar-refractivity contribution in [2.24, 2.45) is 0 Å². The highest BCUT2D eigenvalue weighted by Gasteiger charge is 2.27. The summed E-state index contributed by atoms with van der Waals surface area (Å²) in [6.07, 6.45) is 2.17. The highest BCUT2D eigenvalue weighted by Crippen LogP contribution is 2.43. The number of nitriles is 1. The lowest BCUT2D eigenvalue weighted by Gasteiger charge is -2.15. The van der Waals surface area contributed by atoms with Crippen LogP contribution in [0.2, 0.25) is 0 Å². The number of para-hydroxylation sites is 1. The van der Waals surface area contributed by atoms with Crippen LogP contribution >= 0.6 is 15.9 Å². The summed E-state index contributed by atoms with van der Waals surface area (Å²) in [4.78, 5) is 16.9. The van der Waals surface area contributed by atoms with Gasteiger partial charge in [0.05, 0.1) is 22.8 Å². The number of halogens is 1. The molecule has 1 saturated carbocycles. The summed E-state index contributed by atoms with van der Waals surface area (Å²) in [5, 5.41) is 13.3. The molecule has 0 radical (unpaired) electrons. The third-order valence-corrected chi connectivity index (χ3v) is 5.20. The minimum atomic E-state index is -0.352. The number of nitrogens with zero attached hydrogens (tertiary/aromatic N) is 3. The summed E-state index contributed by atoms with van der Waals surface area (Å²) in [6, 6.07) is 13.7. The van der Waals surface area contributed by atoms with Crippen molar-refractivity contribution in [1.29, 1.82) is 5.26 Å². The Morgan fingerprint density at radius 3 is 2.72 bits per heavy atom. The van der Waals surface area contributed by atoms with Crippen molar-refractivity contribution in [3.63, 3.8) is 0 Å². The maximum atomic E-state index is 12.7. The number of anilines is 1. The molecule has 3 aromatic rings. The van der Waals surface area contributed by atoms with Gasteiger partial charge >= 0.3 is 5.69 Å². The van der Waals surface area contributed by atoms with Crippen molar-refractivity contribution in [3.8, 4) is 11.8 Å². The van der Waals surface area contributed by atoms with Gasteiger partial charge in [-0.05, 0) is 64.5 Å². The molecule has 1 N–H and O–H groups in total. The molecule has 0 aliphatic heterocycles. The molecule has 0 spiro atoms. The summed E-state index contributed by atoms with van der Waals surface area (Å²) < 4.78 is 2.42. The Hall–Kier alpha value is -2.65. The summed E-state index contributed by atoms with van der Waals surface area (Å²) in [5.74, 6) is 0.898. The first-order valence-electron chi connectivity index (χ1n) is 8.07. The van der Waals surface area contributed by atoms with Crippen LogP contribution in [0.15, 0.2) is 45.7 Å². The van der Waals surface area contributed by atoms with Gasteiger partial charge in [-0.1, -0.05) is 12.1 Å². The third-order valence-electron chi connectivity index (χ3n) is 4.53. The molecular formula is C19H15BrN4O. The second kappa shape index (κ2) is 6.01. The van der Waals surface area contributed by atoms with Gasteiger partial charge in [0.15, 0.2) is 0 Å². The van der Waals surface area contributed by atoms with E-state index in [9.17, 15) is 10.1 Å². The van der Waals surface area contributed by atoms with E-state index >= 15 is 0 Å². The Kier molecular flexibility index (Phi) is 3.81. The molecule has 6 heteroatoms. The van der Waals surface area contributed by atoms with Gasteiger partial charge < -0.3 is 5.32 Å². The van der Waals surface area contributed by atoms with Crippen LogP contribution < -0.4 is 11.0 Å². The smallest absolute Gasteiger partial charge is 0.354 e. The Bertz CT molecular complexity index is 1090. The van der Waals surface area contributed by atoms with Gasteiger partial charge in [-0.25, -0.2) is 4.79 Å². The molecule has 1 aliphatic rings. The molecule has 0 amide bonds. The van der Waals surface area contributed by atoms with Crippen molar-refractivity contribution in [2.75, 3.05) is 12.4 Å². The first-order chi connectivity index (χ1) is 12.1. The molecule has 1 heterocycles. The summed E-state index contributed by atoms with van der Waals surface area (Å²) in [5.41, 5.74) is 2.82. The predicted molar refractivity (Wildman–Crippen MR) is 101 cm³/mol. The van der Waals surface area contributed by atoms with E-state index in [1.807, 2.05) is 36.4 Å². The highest BCUT2D eigenvalue weighted by atomic mass is 79.9. The number of benzene rings is 2. The van der Waals surface area contributed by atoms with Gasteiger partial charge in [-0.15, -0.1) is 0 Å². The van der Waals surface area contributed by atoms with Gasteiger partial charge in [-0.3, -0.25) is 4.57 Å². The normalized spacial score (nSPS) is 13.6. The van der Waals surface area contributed by atoms with Crippen LogP contribution in [0.25, 0.3) is 16.6 Å². The summed E-state index contributed by atoms with van der Waals surface area (Å²) in [6.45, 7) is 0. The minimum Gasteiger partial charge on any atom is -0.372 e. The van der Waals surface area contributed by atoms with E-state index in [1.165, 1.54) is 0 Å². The molecule has 0 atom stereocenters. The number of hydrogen-bond acceptors (Lipinski definition) is 4. The van der Waals surface area contributed by atoms with E-state index < -0.39 is 0 Å². The van der Waals surface area contributed by atoms with Crippen molar-refractivity contribution in [1.82, 2.24) is 9.55 Å². The molecule has 25 heavy (non-hydrogen) atoms. The molecule has 4 rings (SSSR count). The van der Waals surface area contributed by atoms with E-state index in [2.05, 4.69) is 32.3 Å². The lowest BCUT2D eigenvalue weighted by Crippen LogP contribution is -2.23. The number of aromatic nitrogens is 2. The maximum absolute atomic E-state index is 12.7. The monoisotopic (exact) mass is 394 g/mol. The lowest BCUT2D eigenvalue weighted by molar-refractivity contribution is 0.953. The van der Waals surface area contributed by atoms with Crippen LogP contribution in [0.3, 0.4) is 0 Å². The van der Waals surface area contributed by atoms with Crippen LogP contribution in [0.5, 0.6) is 0 Å². The second-order valence-electron chi connectivity index (χ2n) is 6.12. The largest absolute Gasteiger partial charge is 0.372 e. The third kappa shape index (κ3) is 2.61. The molecule has 0 bridgehead atoms. The minimum absolute atomic E-state index is 0.352. The standard InChI is InChI=1S/C19H15BrN4O/c1-22-18-14-8-12(10-21)13(11-6-7-11)9-17(14)24(19(25)23-18)16-5-3-2-4-15(16)20/h2-5,8-9,11H,6-7H2,1H3,(H,22,23,25). The second-order valence-corrected chi connectivity index (χ2v) is 6.98. The van der Waals surface area contributed by atoms with E-state index in [0.717, 1.165) is 39.5 Å². The lowest BCUT2D eigenvalue weighted by atomic mass is 10.0. The van der Waals surface area contributed by atoms with Crippen molar-refractivity contribution >= 4 is 32.7 Å². The van der Waals surface area contributed by atoms with Crippen LogP contribution in [0, 0.1) is 11.3 Å². The molecular weight excluding hydrogens is 380 g/mol. The molecule has 1 fully saturated rings. The van der Waals surface area contributed by atoms with E-state index in [1.54, 1.807) is 11.6 Å². The zero-order valence-corrected chi connectivity index (χ0v) is 15.2. The summed E-state index contributed by atoms with van der Waals surface area (Å²) in [7, 11) is 1.73. The molecule has 0 unspecified atom stereocenters. The van der Waals surface area contributed by atoms with Crippen molar-refractivity contribution < 1.29 is 0 Å². The molecule has 1 aromatic heterocycles. The number of rotatable bonds is 3. The predicted octanol–water partition coefficient (Wildman–Crippen LogP) is 3.94. The fourth-order valence-electron chi connectivity index (χ4n) is 3.17. The SMILES string of the molecule is CNc1nc(=O)n(-c2ccccc2Br)c2cc(C3CC3)c(C#N)cc12. The molecule has 0 saturated heterocycles. The highest BCUT2D eigenvalue weighted by molar-refractivity contribution is 9.10. The number of nitrogens with one attached hydrogen (secondary N) is 1. The number of hydrogen-bond donors (Lipinski definition) is 1. The van der Waals surface area contributed by atoms with E-state index in [4.69, 9.17) is 0 Å². The fraction of sp³-hybridized carbons (Fsp3) is 0.211.